The van der Waals surface area contributed by atoms with Crippen molar-refractivity contribution in [1.29, 1.82) is 5.26 Å². The van der Waals surface area contributed by atoms with Gasteiger partial charge < -0.3 is 5.32 Å². The molecule has 0 saturated carbocycles. The van der Waals surface area contributed by atoms with E-state index in [0.717, 1.165) is 12.5 Å². The minimum atomic E-state index is 0.122. The fourth-order valence-corrected chi connectivity index (χ4v) is 1.57. The molecule has 2 atom stereocenters. The highest BCUT2D eigenvalue weighted by Crippen LogP contribution is 2.12. The second-order valence-electron chi connectivity index (χ2n) is 3.80. The van der Waals surface area contributed by atoms with Crippen LogP contribution >= 0.6 is 0 Å². The topological polar surface area (TPSA) is 35.8 Å². The van der Waals surface area contributed by atoms with Crippen LogP contribution in [0.15, 0.2) is 0 Å². The fourth-order valence-electron chi connectivity index (χ4n) is 1.57. The van der Waals surface area contributed by atoms with E-state index in [1.54, 1.807) is 0 Å². The molecule has 2 nitrogen and oxygen atoms in total. The van der Waals surface area contributed by atoms with Crippen LogP contribution in [0, 0.1) is 23.2 Å². The van der Waals surface area contributed by atoms with E-state index in [1.807, 2.05) is 6.92 Å². The standard InChI is InChI=1S/C11H22N2/c1-5-11(6-2)10(4)13-8-9(3)7-12/h9-11,13H,5-6,8H2,1-4H3. The summed E-state index contributed by atoms with van der Waals surface area (Å²) in [7, 11) is 0. The average molecular weight is 182 g/mol. The van der Waals surface area contributed by atoms with Crippen LogP contribution in [0.1, 0.15) is 40.5 Å². The molecule has 0 aliphatic rings. The number of rotatable bonds is 6. The van der Waals surface area contributed by atoms with Crippen molar-refractivity contribution >= 4 is 0 Å². The second kappa shape index (κ2) is 6.91. The van der Waals surface area contributed by atoms with Gasteiger partial charge in [0, 0.05) is 12.6 Å². The van der Waals surface area contributed by atoms with Crippen LogP contribution in [-0.2, 0) is 0 Å². The van der Waals surface area contributed by atoms with Crippen LogP contribution in [0.25, 0.3) is 0 Å². The lowest BCUT2D eigenvalue weighted by Crippen LogP contribution is -2.35. The second-order valence-corrected chi connectivity index (χ2v) is 3.80. The van der Waals surface area contributed by atoms with Gasteiger partial charge in [0.2, 0.25) is 0 Å². The molecule has 0 fully saturated rings. The van der Waals surface area contributed by atoms with Gasteiger partial charge in [0.25, 0.3) is 0 Å². The van der Waals surface area contributed by atoms with Crippen LogP contribution in [0.4, 0.5) is 0 Å². The zero-order chi connectivity index (χ0) is 10.3. The Labute approximate surface area is 82.3 Å². The molecule has 1 N–H and O–H groups in total. The molecule has 0 aliphatic heterocycles. The largest absolute Gasteiger partial charge is 0.313 e. The van der Waals surface area contributed by atoms with E-state index in [-0.39, 0.29) is 5.92 Å². The molecule has 2 unspecified atom stereocenters. The van der Waals surface area contributed by atoms with Gasteiger partial charge >= 0.3 is 0 Å². The van der Waals surface area contributed by atoms with Crippen LogP contribution in [0.5, 0.6) is 0 Å². The molecule has 13 heavy (non-hydrogen) atoms. The lowest BCUT2D eigenvalue weighted by molar-refractivity contribution is 0.347. The highest BCUT2D eigenvalue weighted by atomic mass is 14.9. The summed E-state index contributed by atoms with van der Waals surface area (Å²) >= 11 is 0. The molecule has 0 amide bonds. The average Bonchev–Trinajstić information content (AvgIpc) is 2.16. The SMILES string of the molecule is CCC(CC)C(C)NCC(C)C#N. The Bertz CT molecular complexity index is 156. The van der Waals surface area contributed by atoms with E-state index in [2.05, 4.69) is 32.2 Å². The molecule has 0 heterocycles. The van der Waals surface area contributed by atoms with Crippen LogP contribution in [0.2, 0.25) is 0 Å². The number of nitrogens with one attached hydrogen (secondary N) is 1. The van der Waals surface area contributed by atoms with Crippen LogP contribution in [-0.4, -0.2) is 12.6 Å². The molecule has 0 radical (unpaired) electrons. The Balaban J connectivity index is 3.73. The third-order valence-electron chi connectivity index (χ3n) is 2.72. The molecule has 0 bridgehead atoms. The predicted molar refractivity (Wildman–Crippen MR) is 56.3 cm³/mol. The van der Waals surface area contributed by atoms with Gasteiger partial charge in [-0.3, -0.25) is 0 Å². The summed E-state index contributed by atoms with van der Waals surface area (Å²) in [5.74, 6) is 0.864. The molecule has 0 aliphatic carbocycles. The normalized spacial score (nSPS) is 15.4. The Morgan fingerprint density at radius 3 is 2.15 bits per heavy atom. The van der Waals surface area contributed by atoms with E-state index in [9.17, 15) is 0 Å². The first kappa shape index (κ1) is 12.4. The quantitative estimate of drug-likeness (QED) is 0.685. The Morgan fingerprint density at radius 2 is 1.77 bits per heavy atom. The Hall–Kier alpha value is -0.550. The predicted octanol–water partition coefficient (Wildman–Crippen LogP) is 2.56. The molecule has 0 aromatic heterocycles. The molecular formula is C11H22N2. The zero-order valence-corrected chi connectivity index (χ0v) is 9.30. The van der Waals surface area contributed by atoms with Crippen molar-refractivity contribution in [3.05, 3.63) is 0 Å². The maximum atomic E-state index is 8.61. The van der Waals surface area contributed by atoms with Crippen molar-refractivity contribution < 1.29 is 0 Å². The molecular weight excluding hydrogens is 160 g/mol. The summed E-state index contributed by atoms with van der Waals surface area (Å²) in [6.45, 7) is 9.42. The van der Waals surface area contributed by atoms with Crippen molar-refractivity contribution in [2.45, 2.75) is 46.6 Å². The van der Waals surface area contributed by atoms with Crippen molar-refractivity contribution in [1.82, 2.24) is 5.32 Å². The minimum Gasteiger partial charge on any atom is -0.313 e. The maximum absolute atomic E-state index is 8.61. The van der Waals surface area contributed by atoms with E-state index in [1.165, 1.54) is 12.8 Å². The monoisotopic (exact) mass is 182 g/mol. The maximum Gasteiger partial charge on any atom is 0.0666 e. The highest BCUT2D eigenvalue weighted by Gasteiger charge is 2.13. The third kappa shape index (κ3) is 4.90. The summed E-state index contributed by atoms with van der Waals surface area (Å²) in [6.07, 6.45) is 2.43. The van der Waals surface area contributed by atoms with Crippen LogP contribution < -0.4 is 5.32 Å². The van der Waals surface area contributed by atoms with E-state index in [4.69, 9.17) is 5.26 Å². The van der Waals surface area contributed by atoms with Crippen LogP contribution in [0.3, 0.4) is 0 Å². The summed E-state index contributed by atoms with van der Waals surface area (Å²) in [5.41, 5.74) is 0. The van der Waals surface area contributed by atoms with Gasteiger partial charge in [0.05, 0.1) is 12.0 Å². The molecule has 0 spiro atoms. The number of hydrogen-bond donors (Lipinski definition) is 1. The summed E-state index contributed by atoms with van der Waals surface area (Å²) in [4.78, 5) is 0. The summed E-state index contributed by atoms with van der Waals surface area (Å²) < 4.78 is 0. The zero-order valence-electron chi connectivity index (χ0n) is 9.30. The van der Waals surface area contributed by atoms with Gasteiger partial charge in [-0.2, -0.15) is 5.26 Å². The molecule has 0 saturated heterocycles. The number of nitriles is 1. The molecule has 76 valence electrons. The van der Waals surface area contributed by atoms with Gasteiger partial charge in [0.1, 0.15) is 0 Å². The fraction of sp³-hybridized carbons (Fsp3) is 0.909. The van der Waals surface area contributed by atoms with Gasteiger partial charge in [-0.25, -0.2) is 0 Å². The smallest absolute Gasteiger partial charge is 0.0666 e. The van der Waals surface area contributed by atoms with Crippen molar-refractivity contribution in [3.8, 4) is 6.07 Å². The lowest BCUT2D eigenvalue weighted by atomic mass is 9.95. The molecule has 0 aromatic carbocycles. The van der Waals surface area contributed by atoms with Gasteiger partial charge in [-0.15, -0.1) is 0 Å². The van der Waals surface area contributed by atoms with Gasteiger partial charge in [-0.05, 0) is 19.8 Å². The number of nitrogens with zero attached hydrogens (tertiary/aromatic N) is 1. The van der Waals surface area contributed by atoms with Crippen molar-refractivity contribution in [2.75, 3.05) is 6.54 Å². The highest BCUT2D eigenvalue weighted by molar-refractivity contribution is 4.82. The lowest BCUT2D eigenvalue weighted by Gasteiger charge is -2.22. The Kier molecular flexibility index (Phi) is 6.62. The van der Waals surface area contributed by atoms with E-state index >= 15 is 0 Å². The molecule has 0 aromatic rings. The van der Waals surface area contributed by atoms with E-state index in [0.29, 0.717) is 6.04 Å². The van der Waals surface area contributed by atoms with Gasteiger partial charge in [-0.1, -0.05) is 26.7 Å². The first-order valence-corrected chi connectivity index (χ1v) is 5.28. The van der Waals surface area contributed by atoms with Crippen molar-refractivity contribution in [3.63, 3.8) is 0 Å². The third-order valence-corrected chi connectivity index (χ3v) is 2.72. The minimum absolute atomic E-state index is 0.122. The first-order valence-electron chi connectivity index (χ1n) is 5.28. The summed E-state index contributed by atoms with van der Waals surface area (Å²) in [6, 6.07) is 2.77. The van der Waals surface area contributed by atoms with Gasteiger partial charge in [0.15, 0.2) is 0 Å². The summed E-state index contributed by atoms with van der Waals surface area (Å²) in [5, 5.41) is 12.0. The first-order chi connectivity index (χ1) is 6.15. The number of hydrogen-bond acceptors (Lipinski definition) is 2. The van der Waals surface area contributed by atoms with Crippen molar-refractivity contribution in [2.24, 2.45) is 11.8 Å². The Morgan fingerprint density at radius 1 is 1.23 bits per heavy atom. The molecule has 0 rings (SSSR count). The van der Waals surface area contributed by atoms with E-state index < -0.39 is 0 Å². The molecule has 2 heteroatoms.